The third kappa shape index (κ3) is 7.36. The lowest BCUT2D eigenvalue weighted by Crippen LogP contribution is -2.52. The second-order valence-electron chi connectivity index (χ2n) is 7.99. The van der Waals surface area contributed by atoms with E-state index in [0.29, 0.717) is 6.54 Å². The molecule has 0 aromatic carbocycles. The molecule has 2 aliphatic rings. The minimum Gasteiger partial charge on any atom is -0.444 e. The number of piperazine rings is 1. The van der Waals surface area contributed by atoms with Crippen molar-refractivity contribution < 1.29 is 9.53 Å². The van der Waals surface area contributed by atoms with E-state index in [2.05, 4.69) is 20.4 Å². The fourth-order valence-electron chi connectivity index (χ4n) is 3.49. The van der Waals surface area contributed by atoms with Crippen LogP contribution in [0.15, 0.2) is 0 Å². The van der Waals surface area contributed by atoms with Crippen LogP contribution < -0.4 is 10.6 Å². The topological polar surface area (TPSA) is 56.8 Å². The van der Waals surface area contributed by atoms with Crippen LogP contribution in [0.4, 0.5) is 4.79 Å². The highest BCUT2D eigenvalue weighted by atomic mass is 16.6. The van der Waals surface area contributed by atoms with Gasteiger partial charge in [-0.15, -0.1) is 0 Å². The Morgan fingerprint density at radius 1 is 1.12 bits per heavy atom. The van der Waals surface area contributed by atoms with Crippen LogP contribution in [0.2, 0.25) is 0 Å². The van der Waals surface area contributed by atoms with Crippen LogP contribution in [-0.4, -0.2) is 79.9 Å². The molecular formula is C18H36N4O2. The molecule has 6 nitrogen and oxygen atoms in total. The number of rotatable bonds is 6. The molecule has 0 spiro atoms. The first-order valence-electron chi connectivity index (χ1n) is 9.58. The number of nitrogens with one attached hydrogen (secondary N) is 2. The van der Waals surface area contributed by atoms with Crippen LogP contribution in [0.3, 0.4) is 0 Å². The van der Waals surface area contributed by atoms with Crippen molar-refractivity contribution in [3.05, 3.63) is 0 Å². The van der Waals surface area contributed by atoms with Gasteiger partial charge in [-0.3, -0.25) is 4.90 Å². The lowest BCUT2D eigenvalue weighted by molar-refractivity contribution is 0.0525. The Hall–Kier alpha value is -0.850. The van der Waals surface area contributed by atoms with E-state index in [4.69, 9.17) is 4.74 Å². The van der Waals surface area contributed by atoms with Crippen molar-refractivity contribution in [2.75, 3.05) is 52.4 Å². The first kappa shape index (κ1) is 19.5. The molecule has 1 amide bonds. The van der Waals surface area contributed by atoms with E-state index in [0.717, 1.165) is 25.4 Å². The van der Waals surface area contributed by atoms with Gasteiger partial charge in [0.2, 0.25) is 0 Å². The van der Waals surface area contributed by atoms with E-state index < -0.39 is 5.60 Å². The Kier molecular flexibility index (Phi) is 7.78. The summed E-state index contributed by atoms with van der Waals surface area (Å²) in [7, 11) is 0. The summed E-state index contributed by atoms with van der Waals surface area (Å²) in [5, 5.41) is 6.28. The monoisotopic (exact) mass is 340 g/mol. The number of nitrogens with zero attached hydrogens (tertiary/aromatic N) is 2. The van der Waals surface area contributed by atoms with E-state index in [1.54, 1.807) is 0 Å². The smallest absolute Gasteiger partial charge is 0.407 e. The maximum atomic E-state index is 11.6. The molecule has 24 heavy (non-hydrogen) atoms. The van der Waals surface area contributed by atoms with Gasteiger partial charge in [-0.1, -0.05) is 0 Å². The summed E-state index contributed by atoms with van der Waals surface area (Å²) in [6.07, 6.45) is 4.43. The average Bonchev–Trinajstić information content (AvgIpc) is 2.54. The van der Waals surface area contributed by atoms with Crippen molar-refractivity contribution in [3.8, 4) is 0 Å². The van der Waals surface area contributed by atoms with Crippen LogP contribution >= 0.6 is 0 Å². The third-order valence-corrected chi connectivity index (χ3v) is 4.80. The molecule has 2 fully saturated rings. The number of amides is 1. The average molecular weight is 341 g/mol. The SMILES string of the molecule is CC(C)(C)OC(=O)NCCCCN1CCN(C2CCNCC2)CC1. The van der Waals surface area contributed by atoms with E-state index in [1.807, 2.05) is 20.8 Å². The number of carbonyl (C=O) groups is 1. The highest BCUT2D eigenvalue weighted by Crippen LogP contribution is 2.14. The van der Waals surface area contributed by atoms with Crippen molar-refractivity contribution in [2.24, 2.45) is 0 Å². The summed E-state index contributed by atoms with van der Waals surface area (Å²) in [6.45, 7) is 14.6. The third-order valence-electron chi connectivity index (χ3n) is 4.80. The fourth-order valence-corrected chi connectivity index (χ4v) is 3.49. The standard InChI is InChI=1S/C18H36N4O2/c1-18(2,3)24-17(23)20-8-4-5-11-21-12-14-22(15-13-21)16-6-9-19-10-7-16/h16,19H,4-15H2,1-3H3,(H,20,23). The predicted molar refractivity (Wildman–Crippen MR) is 97.4 cm³/mol. The summed E-state index contributed by atoms with van der Waals surface area (Å²) in [6, 6.07) is 0.798. The number of carbonyl (C=O) groups excluding carboxylic acids is 1. The minimum atomic E-state index is -0.418. The molecule has 2 heterocycles. The quantitative estimate of drug-likeness (QED) is 0.720. The van der Waals surface area contributed by atoms with Crippen molar-refractivity contribution in [1.29, 1.82) is 0 Å². The van der Waals surface area contributed by atoms with Gasteiger partial charge in [-0.2, -0.15) is 0 Å². The molecule has 0 aromatic heterocycles. The van der Waals surface area contributed by atoms with Gasteiger partial charge in [0, 0.05) is 38.8 Å². The maximum Gasteiger partial charge on any atom is 0.407 e. The summed E-state index contributed by atoms with van der Waals surface area (Å²) in [4.78, 5) is 16.8. The molecule has 2 rings (SSSR count). The number of alkyl carbamates (subject to hydrolysis) is 1. The van der Waals surface area contributed by atoms with Crippen LogP contribution in [-0.2, 0) is 4.74 Å². The Labute approximate surface area is 147 Å². The molecule has 0 radical (unpaired) electrons. The summed E-state index contributed by atoms with van der Waals surface area (Å²) in [5.74, 6) is 0. The molecule has 6 heteroatoms. The second kappa shape index (κ2) is 9.59. The number of ether oxygens (including phenoxy) is 1. The van der Waals surface area contributed by atoms with Gasteiger partial charge in [0.25, 0.3) is 0 Å². The van der Waals surface area contributed by atoms with Gasteiger partial charge in [0.15, 0.2) is 0 Å². The lowest BCUT2D eigenvalue weighted by Gasteiger charge is -2.40. The number of hydrogen-bond donors (Lipinski definition) is 2. The number of hydrogen-bond acceptors (Lipinski definition) is 5. The van der Waals surface area contributed by atoms with E-state index in [9.17, 15) is 4.79 Å². The zero-order valence-electron chi connectivity index (χ0n) is 15.8. The molecule has 0 unspecified atom stereocenters. The number of piperidine rings is 1. The summed E-state index contributed by atoms with van der Waals surface area (Å²) >= 11 is 0. The Balaban J connectivity index is 1.49. The lowest BCUT2D eigenvalue weighted by atomic mass is 10.0. The predicted octanol–water partition coefficient (Wildman–Crippen LogP) is 1.66. The molecule has 2 N–H and O–H groups in total. The van der Waals surface area contributed by atoms with Gasteiger partial charge in [0.1, 0.15) is 5.60 Å². The largest absolute Gasteiger partial charge is 0.444 e. The zero-order chi connectivity index (χ0) is 17.4. The van der Waals surface area contributed by atoms with Crippen LogP contribution in [0.5, 0.6) is 0 Å². The van der Waals surface area contributed by atoms with Crippen LogP contribution in [0.25, 0.3) is 0 Å². The molecule has 0 atom stereocenters. The van der Waals surface area contributed by atoms with Crippen molar-refractivity contribution in [1.82, 2.24) is 20.4 Å². The van der Waals surface area contributed by atoms with E-state index >= 15 is 0 Å². The molecular weight excluding hydrogens is 304 g/mol. The Bertz CT molecular complexity index is 370. The second-order valence-corrected chi connectivity index (χ2v) is 7.99. The normalized spacial score (nSPS) is 21.6. The molecule has 0 bridgehead atoms. The molecule has 2 aliphatic heterocycles. The highest BCUT2D eigenvalue weighted by Gasteiger charge is 2.24. The van der Waals surface area contributed by atoms with Gasteiger partial charge in [-0.05, 0) is 66.1 Å². The van der Waals surface area contributed by atoms with E-state index in [-0.39, 0.29) is 6.09 Å². The first-order valence-corrected chi connectivity index (χ1v) is 9.58. The molecule has 140 valence electrons. The van der Waals surface area contributed by atoms with Crippen LogP contribution in [0, 0.1) is 0 Å². The molecule has 0 aromatic rings. The van der Waals surface area contributed by atoms with Gasteiger partial charge in [-0.25, -0.2) is 4.79 Å². The minimum absolute atomic E-state index is 0.307. The van der Waals surface area contributed by atoms with Crippen LogP contribution in [0.1, 0.15) is 46.5 Å². The first-order chi connectivity index (χ1) is 11.4. The zero-order valence-corrected chi connectivity index (χ0v) is 15.8. The van der Waals surface area contributed by atoms with Crippen molar-refractivity contribution in [2.45, 2.75) is 58.1 Å². The van der Waals surface area contributed by atoms with Gasteiger partial charge in [0.05, 0.1) is 0 Å². The van der Waals surface area contributed by atoms with Crippen molar-refractivity contribution in [3.63, 3.8) is 0 Å². The fraction of sp³-hybridized carbons (Fsp3) is 0.944. The van der Waals surface area contributed by atoms with Gasteiger partial charge < -0.3 is 20.3 Å². The summed E-state index contributed by atoms with van der Waals surface area (Å²) < 4.78 is 5.23. The molecule has 2 saturated heterocycles. The van der Waals surface area contributed by atoms with E-state index in [1.165, 1.54) is 52.1 Å². The number of unbranched alkanes of at least 4 members (excludes halogenated alkanes) is 1. The van der Waals surface area contributed by atoms with Crippen molar-refractivity contribution >= 4 is 6.09 Å². The highest BCUT2D eigenvalue weighted by molar-refractivity contribution is 5.67. The Morgan fingerprint density at radius 3 is 2.42 bits per heavy atom. The summed E-state index contributed by atoms with van der Waals surface area (Å²) in [5.41, 5.74) is -0.418. The Morgan fingerprint density at radius 2 is 1.79 bits per heavy atom. The molecule has 0 saturated carbocycles. The maximum absolute atomic E-state index is 11.6. The van der Waals surface area contributed by atoms with Gasteiger partial charge >= 0.3 is 6.09 Å². The molecule has 0 aliphatic carbocycles.